The van der Waals surface area contributed by atoms with Crippen LogP contribution in [0.1, 0.15) is 56.4 Å². The van der Waals surface area contributed by atoms with E-state index in [4.69, 9.17) is 4.74 Å². The lowest BCUT2D eigenvalue weighted by Gasteiger charge is -2.23. The smallest absolute Gasteiger partial charge is 0.416 e. The largest absolute Gasteiger partial charge is 0.488 e. The minimum Gasteiger partial charge on any atom is -0.488 e. The van der Waals surface area contributed by atoms with Gasteiger partial charge in [-0.1, -0.05) is 6.07 Å². The van der Waals surface area contributed by atoms with Gasteiger partial charge in [-0.25, -0.2) is 0 Å². The van der Waals surface area contributed by atoms with Crippen molar-refractivity contribution in [1.82, 2.24) is 25.4 Å². The monoisotopic (exact) mass is 566 g/mol. The van der Waals surface area contributed by atoms with Crippen molar-refractivity contribution >= 4 is 29.9 Å². The Kier molecular flexibility index (Phi) is 8.77. The van der Waals surface area contributed by atoms with Crippen LogP contribution in [0.15, 0.2) is 23.2 Å². The number of benzene rings is 1. The molecule has 1 aliphatic heterocycles. The maximum absolute atomic E-state index is 13.6. The number of nitrogens with zero attached hydrogens (tertiary/aromatic N) is 4. The van der Waals surface area contributed by atoms with Crippen LogP contribution in [-0.4, -0.2) is 33.4 Å². The predicted octanol–water partition coefficient (Wildman–Crippen LogP) is 4.29. The number of aliphatic imine (C=N–C) groups is 1. The van der Waals surface area contributed by atoms with Crippen LogP contribution in [0.3, 0.4) is 0 Å². The molecule has 178 valence electrons. The Hall–Kier alpha value is -2.05. The molecule has 1 aromatic heterocycles. The fourth-order valence-electron chi connectivity index (χ4n) is 3.45. The van der Waals surface area contributed by atoms with E-state index >= 15 is 0 Å². The second-order valence-corrected chi connectivity index (χ2v) is 8.45. The molecule has 32 heavy (non-hydrogen) atoms. The highest BCUT2D eigenvalue weighted by molar-refractivity contribution is 14.0. The molecule has 11 heteroatoms. The molecule has 2 N–H and O–H groups in total. The summed E-state index contributed by atoms with van der Waals surface area (Å²) >= 11 is 0. The molecule has 3 rings (SSSR count). The second kappa shape index (κ2) is 10.7. The lowest BCUT2D eigenvalue weighted by atomic mass is 10.1. The summed E-state index contributed by atoms with van der Waals surface area (Å²) in [6.45, 7) is 6.59. The summed E-state index contributed by atoms with van der Waals surface area (Å²) in [5.74, 6) is 2.33. The zero-order valence-electron chi connectivity index (χ0n) is 18.7. The lowest BCUT2D eigenvalue weighted by Crippen LogP contribution is -2.37. The highest BCUT2D eigenvalue weighted by atomic mass is 127. The van der Waals surface area contributed by atoms with Crippen LogP contribution in [0, 0.1) is 0 Å². The number of hydrogen-bond donors (Lipinski definition) is 2. The summed E-state index contributed by atoms with van der Waals surface area (Å²) < 4.78 is 48.5. The third kappa shape index (κ3) is 6.97. The average molecular weight is 566 g/mol. The molecule has 0 aliphatic carbocycles. The summed E-state index contributed by atoms with van der Waals surface area (Å²) in [4.78, 5) is 4.10. The Morgan fingerprint density at radius 2 is 1.84 bits per heavy atom. The topological polar surface area (TPSA) is 76.4 Å². The van der Waals surface area contributed by atoms with E-state index < -0.39 is 17.3 Å². The highest BCUT2D eigenvalue weighted by Gasteiger charge is 2.34. The fourth-order valence-corrected chi connectivity index (χ4v) is 3.45. The third-order valence-electron chi connectivity index (χ3n) is 4.83. The summed E-state index contributed by atoms with van der Waals surface area (Å²) in [7, 11) is 1.57. The van der Waals surface area contributed by atoms with Gasteiger partial charge in [0.2, 0.25) is 0 Å². The number of alkyl halides is 3. The number of nitrogens with one attached hydrogen (secondary N) is 2. The van der Waals surface area contributed by atoms with E-state index in [0.717, 1.165) is 43.5 Å². The van der Waals surface area contributed by atoms with E-state index in [1.807, 2.05) is 0 Å². The van der Waals surface area contributed by atoms with E-state index in [1.54, 1.807) is 33.9 Å². The van der Waals surface area contributed by atoms with Crippen molar-refractivity contribution in [2.24, 2.45) is 4.99 Å². The minimum atomic E-state index is -4.49. The summed E-state index contributed by atoms with van der Waals surface area (Å²) in [5, 5.41) is 14.5. The Labute approximate surface area is 203 Å². The van der Waals surface area contributed by atoms with E-state index in [-0.39, 0.29) is 41.8 Å². The number of guanidine groups is 1. The first-order chi connectivity index (χ1) is 14.6. The van der Waals surface area contributed by atoms with Crippen LogP contribution < -0.4 is 15.4 Å². The number of hydrogen-bond acceptors (Lipinski definition) is 4. The average Bonchev–Trinajstić information content (AvgIpc) is 3.10. The van der Waals surface area contributed by atoms with Gasteiger partial charge in [0.05, 0.1) is 12.1 Å². The molecule has 7 nitrogen and oxygen atoms in total. The van der Waals surface area contributed by atoms with Crippen LogP contribution in [-0.2, 0) is 32.2 Å². The summed E-state index contributed by atoms with van der Waals surface area (Å²) in [6.07, 6.45) is -1.39. The van der Waals surface area contributed by atoms with Crippen molar-refractivity contribution in [3.8, 4) is 5.75 Å². The highest BCUT2D eigenvalue weighted by Crippen LogP contribution is 2.35. The van der Waals surface area contributed by atoms with Gasteiger partial charge in [-0.2, -0.15) is 13.2 Å². The van der Waals surface area contributed by atoms with Crippen LogP contribution in [0.5, 0.6) is 5.75 Å². The molecule has 0 fully saturated rings. The number of aryl methyl sites for hydroxylation is 1. The first kappa shape index (κ1) is 26.2. The second-order valence-electron chi connectivity index (χ2n) is 8.45. The number of rotatable bonds is 5. The Balaban J connectivity index is 0.00000363. The quantitative estimate of drug-likeness (QED) is 0.321. The minimum absolute atomic E-state index is 0. The molecule has 0 atom stereocenters. The van der Waals surface area contributed by atoms with Gasteiger partial charge < -0.3 is 19.9 Å². The molecule has 0 spiro atoms. The molecule has 0 bridgehead atoms. The van der Waals surface area contributed by atoms with Gasteiger partial charge in [0, 0.05) is 26.6 Å². The van der Waals surface area contributed by atoms with Crippen molar-refractivity contribution in [3.63, 3.8) is 0 Å². The zero-order valence-corrected chi connectivity index (χ0v) is 21.0. The van der Waals surface area contributed by atoms with Crippen LogP contribution >= 0.6 is 24.0 Å². The van der Waals surface area contributed by atoms with Gasteiger partial charge >= 0.3 is 6.18 Å². The van der Waals surface area contributed by atoms with E-state index in [1.165, 1.54) is 6.07 Å². The normalized spacial score (nSPS) is 14.4. The molecule has 1 aromatic carbocycles. The third-order valence-corrected chi connectivity index (χ3v) is 4.83. The molecule has 0 amide bonds. The molecule has 2 heterocycles. The molecule has 1 aliphatic rings. The van der Waals surface area contributed by atoms with Crippen LogP contribution in [0.2, 0.25) is 0 Å². The van der Waals surface area contributed by atoms with E-state index in [2.05, 4.69) is 30.4 Å². The standard InChI is InChI=1S/C21H29F3N6O.HI/c1-20(2,3)31-15-9-8-14(16(11-15)21(22,23)24)12-26-19(25-4)27-13-18-29-28-17-7-5-6-10-30(17)18;/h8-9,11H,5-7,10,12-13H2,1-4H3,(H2,25,26,27);1H. The van der Waals surface area contributed by atoms with Gasteiger partial charge in [0.25, 0.3) is 0 Å². The lowest BCUT2D eigenvalue weighted by molar-refractivity contribution is -0.138. The van der Waals surface area contributed by atoms with Gasteiger partial charge in [0.1, 0.15) is 17.2 Å². The van der Waals surface area contributed by atoms with Crippen LogP contribution in [0.25, 0.3) is 0 Å². The molecule has 0 saturated heterocycles. The Morgan fingerprint density at radius 1 is 1.12 bits per heavy atom. The van der Waals surface area contributed by atoms with Crippen molar-refractivity contribution in [2.75, 3.05) is 7.05 Å². The first-order valence-electron chi connectivity index (χ1n) is 10.3. The van der Waals surface area contributed by atoms with Gasteiger partial charge in [-0.3, -0.25) is 4.99 Å². The number of ether oxygens (including phenoxy) is 1. The maximum atomic E-state index is 13.6. The predicted molar refractivity (Wildman–Crippen MR) is 127 cm³/mol. The number of aromatic nitrogens is 3. The van der Waals surface area contributed by atoms with Crippen molar-refractivity contribution in [2.45, 2.75) is 71.4 Å². The van der Waals surface area contributed by atoms with Gasteiger partial charge in [0.15, 0.2) is 11.8 Å². The number of halogens is 4. The molecule has 0 radical (unpaired) electrons. The molecular formula is C21H30F3IN6O. The molecule has 2 aromatic rings. The first-order valence-corrected chi connectivity index (χ1v) is 10.3. The SMILES string of the molecule is CN=C(NCc1ccc(OC(C)(C)C)cc1C(F)(F)F)NCc1nnc2n1CCCC2.I. The van der Waals surface area contributed by atoms with E-state index in [0.29, 0.717) is 12.5 Å². The molecule has 0 saturated carbocycles. The Morgan fingerprint density at radius 3 is 2.50 bits per heavy atom. The van der Waals surface area contributed by atoms with Crippen molar-refractivity contribution in [3.05, 3.63) is 41.0 Å². The van der Waals surface area contributed by atoms with Gasteiger partial charge in [-0.05, 0) is 51.3 Å². The number of fused-ring (bicyclic) bond motifs is 1. The van der Waals surface area contributed by atoms with Gasteiger partial charge in [-0.15, -0.1) is 34.2 Å². The fraction of sp³-hybridized carbons (Fsp3) is 0.571. The summed E-state index contributed by atoms with van der Waals surface area (Å²) in [5.41, 5.74) is -1.21. The van der Waals surface area contributed by atoms with Crippen molar-refractivity contribution < 1.29 is 17.9 Å². The van der Waals surface area contributed by atoms with Crippen molar-refractivity contribution in [1.29, 1.82) is 0 Å². The zero-order chi connectivity index (χ0) is 22.6. The Bertz CT molecular complexity index is 937. The molecular weight excluding hydrogens is 536 g/mol. The van der Waals surface area contributed by atoms with Crippen LogP contribution in [0.4, 0.5) is 13.2 Å². The molecule has 0 unspecified atom stereocenters. The summed E-state index contributed by atoms with van der Waals surface area (Å²) in [6, 6.07) is 4.02. The maximum Gasteiger partial charge on any atom is 0.416 e. The van der Waals surface area contributed by atoms with E-state index in [9.17, 15) is 13.2 Å².